The molecule has 0 spiro atoms. The third kappa shape index (κ3) is 3.82. The Morgan fingerprint density at radius 2 is 2.10 bits per heavy atom. The fourth-order valence-electron chi connectivity index (χ4n) is 2.61. The number of hydrogen-bond acceptors (Lipinski definition) is 4. The maximum atomic E-state index is 12.5. The van der Waals surface area contributed by atoms with Gasteiger partial charge in [-0.2, -0.15) is 0 Å². The van der Waals surface area contributed by atoms with Crippen molar-refractivity contribution in [2.75, 3.05) is 0 Å². The summed E-state index contributed by atoms with van der Waals surface area (Å²) in [7, 11) is -3.47. The Labute approximate surface area is 133 Å². The van der Waals surface area contributed by atoms with Crippen LogP contribution in [-0.2, 0) is 16.6 Å². The number of nitrogens with two attached hydrogens (primary N) is 1. The highest BCUT2D eigenvalue weighted by molar-refractivity contribution is 9.11. The van der Waals surface area contributed by atoms with E-state index >= 15 is 0 Å². The van der Waals surface area contributed by atoms with Gasteiger partial charge in [0.15, 0.2) is 0 Å². The van der Waals surface area contributed by atoms with Crippen LogP contribution in [0.4, 0.5) is 0 Å². The summed E-state index contributed by atoms with van der Waals surface area (Å²) in [4.78, 5) is 1.19. The summed E-state index contributed by atoms with van der Waals surface area (Å²) in [5.41, 5.74) is 5.58. The first-order valence-corrected chi connectivity index (χ1v) is 10.0. The fourth-order valence-corrected chi connectivity index (χ4v) is 6.55. The Balaban J connectivity index is 2.19. The molecule has 4 nitrogen and oxygen atoms in total. The molecule has 7 heteroatoms. The summed E-state index contributed by atoms with van der Waals surface area (Å²) in [6.07, 6.45) is 5.50. The summed E-state index contributed by atoms with van der Waals surface area (Å²) < 4.78 is 28.6. The summed E-state index contributed by atoms with van der Waals surface area (Å²) in [5, 5.41) is 0. The van der Waals surface area contributed by atoms with Crippen LogP contribution < -0.4 is 10.5 Å². The van der Waals surface area contributed by atoms with Crippen molar-refractivity contribution in [2.45, 2.75) is 56.5 Å². The molecule has 2 rings (SSSR count). The van der Waals surface area contributed by atoms with Gasteiger partial charge in [-0.25, -0.2) is 13.1 Å². The van der Waals surface area contributed by atoms with Gasteiger partial charge in [0.1, 0.15) is 4.90 Å². The van der Waals surface area contributed by atoms with Crippen molar-refractivity contribution in [1.82, 2.24) is 4.72 Å². The van der Waals surface area contributed by atoms with Gasteiger partial charge >= 0.3 is 0 Å². The first kappa shape index (κ1) is 16.4. The lowest BCUT2D eigenvalue weighted by atomic mass is 9.98. The summed E-state index contributed by atoms with van der Waals surface area (Å²) in [6.45, 7) is 2.49. The Bertz CT molecular complexity index is 557. The van der Waals surface area contributed by atoms with Gasteiger partial charge in [0.2, 0.25) is 10.0 Å². The van der Waals surface area contributed by atoms with Gasteiger partial charge in [-0.1, -0.05) is 26.2 Å². The molecule has 20 heavy (non-hydrogen) atoms. The maximum Gasteiger partial charge on any atom is 0.242 e. The molecule has 2 atom stereocenters. The van der Waals surface area contributed by atoms with E-state index in [4.69, 9.17) is 5.73 Å². The zero-order valence-corrected chi connectivity index (χ0v) is 14.8. The molecule has 2 unspecified atom stereocenters. The largest absolute Gasteiger partial charge is 0.326 e. The van der Waals surface area contributed by atoms with Gasteiger partial charge in [0.25, 0.3) is 0 Å². The van der Waals surface area contributed by atoms with E-state index in [-0.39, 0.29) is 6.04 Å². The zero-order chi connectivity index (χ0) is 14.8. The van der Waals surface area contributed by atoms with Crippen molar-refractivity contribution in [3.05, 3.63) is 14.7 Å². The van der Waals surface area contributed by atoms with Crippen LogP contribution in [0.25, 0.3) is 0 Å². The van der Waals surface area contributed by atoms with Gasteiger partial charge in [-0.05, 0) is 40.8 Å². The first-order chi connectivity index (χ1) is 9.44. The minimum absolute atomic E-state index is 0.0376. The lowest BCUT2D eigenvalue weighted by Crippen LogP contribution is -2.38. The molecule has 1 aromatic heterocycles. The van der Waals surface area contributed by atoms with Crippen molar-refractivity contribution in [1.29, 1.82) is 0 Å². The van der Waals surface area contributed by atoms with E-state index < -0.39 is 10.0 Å². The highest BCUT2D eigenvalue weighted by Gasteiger charge is 2.28. The summed E-state index contributed by atoms with van der Waals surface area (Å²) in [5.74, 6) is 0.388. The summed E-state index contributed by atoms with van der Waals surface area (Å²) in [6, 6.07) is 1.70. The van der Waals surface area contributed by atoms with E-state index in [1.807, 2.05) is 0 Å². The molecule has 1 heterocycles. The molecule has 0 amide bonds. The predicted molar refractivity (Wildman–Crippen MR) is 86.3 cm³/mol. The lowest BCUT2D eigenvalue weighted by molar-refractivity contribution is 0.399. The van der Waals surface area contributed by atoms with Crippen LogP contribution in [0.5, 0.6) is 0 Å². The van der Waals surface area contributed by atoms with Crippen LogP contribution in [-0.4, -0.2) is 14.5 Å². The van der Waals surface area contributed by atoms with E-state index in [9.17, 15) is 8.42 Å². The molecule has 0 bridgehead atoms. The molecule has 1 saturated carbocycles. The van der Waals surface area contributed by atoms with Crippen molar-refractivity contribution in [2.24, 2.45) is 11.7 Å². The Morgan fingerprint density at radius 3 is 2.75 bits per heavy atom. The van der Waals surface area contributed by atoms with Crippen LogP contribution in [0.3, 0.4) is 0 Å². The molecule has 1 fully saturated rings. The van der Waals surface area contributed by atoms with Crippen LogP contribution in [0, 0.1) is 5.92 Å². The average molecular weight is 381 g/mol. The minimum Gasteiger partial charge on any atom is -0.326 e. The highest BCUT2D eigenvalue weighted by Crippen LogP contribution is 2.32. The van der Waals surface area contributed by atoms with Crippen LogP contribution >= 0.6 is 27.3 Å². The molecule has 1 aromatic rings. The quantitative estimate of drug-likeness (QED) is 0.787. The molecule has 0 aromatic carbocycles. The van der Waals surface area contributed by atoms with Crippen LogP contribution in [0.1, 0.15) is 43.9 Å². The molecule has 0 aliphatic heterocycles. The Hall–Kier alpha value is 0.0500. The van der Waals surface area contributed by atoms with Crippen molar-refractivity contribution >= 4 is 37.3 Å². The van der Waals surface area contributed by atoms with Gasteiger partial charge < -0.3 is 5.73 Å². The van der Waals surface area contributed by atoms with Gasteiger partial charge in [-0.3, -0.25) is 0 Å². The number of nitrogens with one attached hydrogen (secondary N) is 1. The molecule has 0 radical (unpaired) electrons. The first-order valence-electron chi connectivity index (χ1n) is 6.94. The Kier molecular flexibility index (Phi) is 5.64. The zero-order valence-electron chi connectivity index (χ0n) is 11.6. The maximum absolute atomic E-state index is 12.5. The van der Waals surface area contributed by atoms with Crippen LogP contribution in [0.15, 0.2) is 14.7 Å². The number of rotatable bonds is 4. The van der Waals surface area contributed by atoms with Crippen molar-refractivity contribution in [3.8, 4) is 0 Å². The van der Waals surface area contributed by atoms with E-state index in [0.717, 1.165) is 24.1 Å². The van der Waals surface area contributed by atoms with E-state index in [0.29, 0.717) is 21.1 Å². The fraction of sp³-hybridized carbons (Fsp3) is 0.692. The topological polar surface area (TPSA) is 72.2 Å². The second-order valence-electron chi connectivity index (χ2n) is 5.40. The lowest BCUT2D eigenvalue weighted by Gasteiger charge is -2.22. The molecule has 0 saturated heterocycles. The molecule has 114 valence electrons. The van der Waals surface area contributed by atoms with Crippen molar-refractivity contribution < 1.29 is 8.42 Å². The average Bonchev–Trinajstić information content (AvgIpc) is 2.68. The standard InChI is InChI=1S/C13H21BrN2O2S2/c1-9-5-3-2-4-6-11(9)16-20(17,18)12-7-10(8-15)19-13(12)14/h7,9,11,16H,2-6,8,15H2,1H3. The summed E-state index contributed by atoms with van der Waals surface area (Å²) >= 11 is 4.71. The molecular formula is C13H21BrN2O2S2. The molecule has 1 aliphatic rings. The third-order valence-corrected chi connectivity index (χ3v) is 7.63. The van der Waals surface area contributed by atoms with E-state index in [2.05, 4.69) is 27.6 Å². The van der Waals surface area contributed by atoms with Gasteiger partial charge in [0.05, 0.1) is 3.79 Å². The smallest absolute Gasteiger partial charge is 0.242 e. The SMILES string of the molecule is CC1CCCCCC1NS(=O)(=O)c1cc(CN)sc1Br. The number of sulfonamides is 1. The minimum atomic E-state index is -3.47. The normalized spacial score (nSPS) is 24.6. The molecule has 3 N–H and O–H groups in total. The second-order valence-corrected chi connectivity index (χ2v) is 9.53. The number of halogens is 1. The number of thiophene rings is 1. The van der Waals surface area contributed by atoms with E-state index in [1.54, 1.807) is 6.07 Å². The van der Waals surface area contributed by atoms with Crippen molar-refractivity contribution in [3.63, 3.8) is 0 Å². The van der Waals surface area contributed by atoms with E-state index in [1.165, 1.54) is 24.2 Å². The molecule has 1 aliphatic carbocycles. The van der Waals surface area contributed by atoms with Gasteiger partial charge in [0, 0.05) is 17.5 Å². The monoisotopic (exact) mass is 380 g/mol. The second kappa shape index (κ2) is 6.87. The highest BCUT2D eigenvalue weighted by atomic mass is 79.9. The Morgan fingerprint density at radius 1 is 1.40 bits per heavy atom. The predicted octanol–water partition coefficient (Wildman–Crippen LogP) is 3.22. The van der Waals surface area contributed by atoms with Crippen LogP contribution in [0.2, 0.25) is 0 Å². The van der Waals surface area contributed by atoms with Gasteiger partial charge in [-0.15, -0.1) is 11.3 Å². The molecular weight excluding hydrogens is 360 g/mol. The number of hydrogen-bond donors (Lipinski definition) is 2. The third-order valence-electron chi connectivity index (χ3n) is 3.87.